The lowest BCUT2D eigenvalue weighted by Gasteiger charge is -2.13. The van der Waals surface area contributed by atoms with Crippen molar-refractivity contribution in [3.8, 4) is 0 Å². The second-order valence-corrected chi connectivity index (χ2v) is 5.44. The van der Waals surface area contributed by atoms with Gasteiger partial charge in [0.25, 0.3) is 5.91 Å². The van der Waals surface area contributed by atoms with Gasteiger partial charge in [-0.15, -0.1) is 0 Å². The van der Waals surface area contributed by atoms with Crippen molar-refractivity contribution >= 4 is 17.5 Å². The van der Waals surface area contributed by atoms with E-state index in [2.05, 4.69) is 10.6 Å². The van der Waals surface area contributed by atoms with Crippen molar-refractivity contribution < 1.29 is 14.7 Å². The van der Waals surface area contributed by atoms with Crippen LogP contribution in [-0.2, 0) is 11.2 Å². The molecule has 0 aromatic heterocycles. The summed E-state index contributed by atoms with van der Waals surface area (Å²) in [5.74, 6) is -0.201. The van der Waals surface area contributed by atoms with Gasteiger partial charge >= 0.3 is 0 Å². The molecule has 5 heteroatoms. The fourth-order valence-corrected chi connectivity index (χ4v) is 2.29. The van der Waals surface area contributed by atoms with E-state index in [0.29, 0.717) is 18.5 Å². The van der Waals surface area contributed by atoms with E-state index >= 15 is 0 Å². The Morgan fingerprint density at radius 3 is 2.89 bits per heavy atom. The number of hydrogen-bond donors (Lipinski definition) is 3. The largest absolute Gasteiger partial charge is 0.396 e. The Labute approximate surface area is 111 Å². The van der Waals surface area contributed by atoms with Crippen molar-refractivity contribution in [2.24, 2.45) is 5.41 Å². The molecule has 100 valence electrons. The first kappa shape index (κ1) is 12.2. The average Bonchev–Trinajstić information content (AvgIpc) is 3.10. The van der Waals surface area contributed by atoms with Crippen molar-refractivity contribution in [2.75, 3.05) is 18.5 Å². The molecular weight excluding hydrogens is 244 g/mol. The SMILES string of the molecule is O=C1Cc2ccc(C(=O)NCC3(CO)CC3)cc2N1. The van der Waals surface area contributed by atoms with Crippen LogP contribution in [0.2, 0.25) is 0 Å². The van der Waals surface area contributed by atoms with Crippen LogP contribution in [0.1, 0.15) is 28.8 Å². The van der Waals surface area contributed by atoms with Crippen molar-refractivity contribution in [2.45, 2.75) is 19.3 Å². The number of carbonyl (C=O) groups is 2. The molecule has 1 saturated carbocycles. The zero-order valence-corrected chi connectivity index (χ0v) is 10.5. The molecule has 0 saturated heterocycles. The molecular formula is C14H16N2O3. The summed E-state index contributed by atoms with van der Waals surface area (Å²) in [5.41, 5.74) is 2.09. The van der Waals surface area contributed by atoms with Crippen LogP contribution in [0.5, 0.6) is 0 Å². The smallest absolute Gasteiger partial charge is 0.251 e. The normalized spacial score (nSPS) is 18.7. The minimum atomic E-state index is -0.163. The number of fused-ring (bicyclic) bond motifs is 1. The lowest BCUT2D eigenvalue weighted by Crippen LogP contribution is -2.31. The summed E-state index contributed by atoms with van der Waals surface area (Å²) in [6.07, 6.45) is 2.30. The predicted octanol–water partition coefficient (Wildman–Crippen LogP) is 0.683. The van der Waals surface area contributed by atoms with Crippen LogP contribution in [0.25, 0.3) is 0 Å². The Morgan fingerprint density at radius 2 is 2.21 bits per heavy atom. The van der Waals surface area contributed by atoms with Gasteiger partial charge in [0.05, 0.1) is 13.0 Å². The molecule has 3 rings (SSSR count). The summed E-state index contributed by atoms with van der Waals surface area (Å²) in [7, 11) is 0. The number of hydrogen-bond acceptors (Lipinski definition) is 3. The molecule has 1 aromatic carbocycles. The number of carbonyl (C=O) groups excluding carboxylic acids is 2. The standard InChI is InChI=1S/C14H16N2O3/c17-8-14(3-4-14)7-15-13(19)10-2-1-9-6-12(18)16-11(9)5-10/h1-2,5,17H,3-4,6-8H2,(H,15,19)(H,16,18). The summed E-state index contributed by atoms with van der Waals surface area (Å²) in [6, 6.07) is 5.24. The minimum absolute atomic E-state index is 0.0372. The van der Waals surface area contributed by atoms with E-state index in [4.69, 9.17) is 0 Å². The van der Waals surface area contributed by atoms with Gasteiger partial charge in [0.15, 0.2) is 0 Å². The average molecular weight is 260 g/mol. The van der Waals surface area contributed by atoms with E-state index in [9.17, 15) is 14.7 Å². The molecule has 2 aliphatic rings. The summed E-state index contributed by atoms with van der Waals surface area (Å²) in [4.78, 5) is 23.3. The van der Waals surface area contributed by atoms with Crippen LogP contribution in [0.3, 0.4) is 0 Å². The van der Waals surface area contributed by atoms with Crippen molar-refractivity contribution in [3.05, 3.63) is 29.3 Å². The highest BCUT2D eigenvalue weighted by molar-refractivity contribution is 6.02. The zero-order chi connectivity index (χ0) is 13.5. The van der Waals surface area contributed by atoms with Crippen LogP contribution in [0, 0.1) is 5.41 Å². The van der Waals surface area contributed by atoms with Gasteiger partial charge in [0.1, 0.15) is 0 Å². The number of aliphatic hydroxyl groups excluding tert-OH is 1. The number of anilines is 1. The Morgan fingerprint density at radius 1 is 1.42 bits per heavy atom. The Bertz CT molecular complexity index is 550. The first-order chi connectivity index (χ1) is 9.12. The van der Waals surface area contributed by atoms with Crippen molar-refractivity contribution in [3.63, 3.8) is 0 Å². The lowest BCUT2D eigenvalue weighted by atomic mass is 10.1. The Balaban J connectivity index is 1.67. The quantitative estimate of drug-likeness (QED) is 0.745. The van der Waals surface area contributed by atoms with Crippen LogP contribution in [0.15, 0.2) is 18.2 Å². The van der Waals surface area contributed by atoms with E-state index < -0.39 is 0 Å². The van der Waals surface area contributed by atoms with Crippen LogP contribution in [0.4, 0.5) is 5.69 Å². The number of rotatable bonds is 4. The molecule has 1 aromatic rings. The molecule has 1 aliphatic heterocycles. The van der Waals surface area contributed by atoms with E-state index in [1.165, 1.54) is 0 Å². The number of amides is 2. The minimum Gasteiger partial charge on any atom is -0.396 e. The van der Waals surface area contributed by atoms with E-state index in [1.54, 1.807) is 18.2 Å². The third-order valence-electron chi connectivity index (χ3n) is 3.91. The number of aliphatic hydroxyl groups is 1. The summed E-state index contributed by atoms with van der Waals surface area (Å²) < 4.78 is 0. The van der Waals surface area contributed by atoms with Gasteiger partial charge in [-0.25, -0.2) is 0 Å². The van der Waals surface area contributed by atoms with Gasteiger partial charge < -0.3 is 15.7 Å². The topological polar surface area (TPSA) is 78.4 Å². The van der Waals surface area contributed by atoms with Gasteiger partial charge in [0, 0.05) is 23.2 Å². The van der Waals surface area contributed by atoms with E-state index in [0.717, 1.165) is 24.1 Å². The Kier molecular flexibility index (Phi) is 2.78. The Hall–Kier alpha value is -1.88. The van der Waals surface area contributed by atoms with Gasteiger partial charge in [-0.05, 0) is 30.5 Å². The zero-order valence-electron chi connectivity index (χ0n) is 10.5. The molecule has 0 radical (unpaired) electrons. The van der Waals surface area contributed by atoms with Crippen molar-refractivity contribution in [1.29, 1.82) is 0 Å². The van der Waals surface area contributed by atoms with Crippen molar-refractivity contribution in [1.82, 2.24) is 5.32 Å². The number of nitrogens with one attached hydrogen (secondary N) is 2. The molecule has 3 N–H and O–H groups in total. The summed E-state index contributed by atoms with van der Waals surface area (Å²) in [5, 5.41) is 14.8. The van der Waals surface area contributed by atoms with E-state index in [1.807, 2.05) is 0 Å². The third-order valence-corrected chi connectivity index (χ3v) is 3.91. The molecule has 0 spiro atoms. The highest BCUT2D eigenvalue weighted by Crippen LogP contribution is 2.44. The second-order valence-electron chi connectivity index (χ2n) is 5.44. The maximum Gasteiger partial charge on any atom is 0.251 e. The number of benzene rings is 1. The third kappa shape index (κ3) is 2.33. The highest BCUT2D eigenvalue weighted by atomic mass is 16.3. The fraction of sp³-hybridized carbons (Fsp3) is 0.429. The first-order valence-corrected chi connectivity index (χ1v) is 6.44. The molecule has 0 unspecified atom stereocenters. The van der Waals surface area contributed by atoms with Crippen LogP contribution < -0.4 is 10.6 Å². The second kappa shape index (κ2) is 4.35. The molecule has 2 amide bonds. The molecule has 0 bridgehead atoms. The maximum atomic E-state index is 12.0. The monoisotopic (exact) mass is 260 g/mol. The van der Waals surface area contributed by atoms with Crippen LogP contribution >= 0.6 is 0 Å². The highest BCUT2D eigenvalue weighted by Gasteiger charge is 2.42. The van der Waals surface area contributed by atoms with Gasteiger partial charge in [-0.3, -0.25) is 9.59 Å². The summed E-state index contributed by atoms with van der Waals surface area (Å²) >= 11 is 0. The molecule has 1 aliphatic carbocycles. The van der Waals surface area contributed by atoms with Gasteiger partial charge in [-0.2, -0.15) is 0 Å². The van der Waals surface area contributed by atoms with Gasteiger partial charge in [0.2, 0.25) is 5.91 Å². The molecule has 1 fully saturated rings. The molecule has 1 heterocycles. The predicted molar refractivity (Wildman–Crippen MR) is 69.9 cm³/mol. The molecule has 19 heavy (non-hydrogen) atoms. The lowest BCUT2D eigenvalue weighted by molar-refractivity contribution is -0.115. The molecule has 5 nitrogen and oxygen atoms in total. The first-order valence-electron chi connectivity index (χ1n) is 6.44. The fourth-order valence-electron chi connectivity index (χ4n) is 2.29. The van der Waals surface area contributed by atoms with E-state index in [-0.39, 0.29) is 23.8 Å². The molecule has 0 atom stereocenters. The van der Waals surface area contributed by atoms with Crippen LogP contribution in [-0.4, -0.2) is 30.1 Å². The maximum absolute atomic E-state index is 12.0. The summed E-state index contributed by atoms with van der Waals surface area (Å²) in [6.45, 7) is 0.624. The van der Waals surface area contributed by atoms with Gasteiger partial charge in [-0.1, -0.05) is 6.07 Å².